The largest absolute Gasteiger partial charge is 0.488 e. The predicted molar refractivity (Wildman–Crippen MR) is 110 cm³/mol. The molecular formula is C20H17NO4S2. The lowest BCUT2D eigenvalue weighted by atomic mass is 10.1. The molecule has 0 bridgehead atoms. The Bertz CT molecular complexity index is 922. The zero-order valence-electron chi connectivity index (χ0n) is 14.5. The smallest absolute Gasteiger partial charge is 0.335 e. The van der Waals surface area contributed by atoms with Crippen molar-refractivity contribution in [2.75, 3.05) is 6.54 Å². The number of carboxylic acid groups (broad SMARTS) is 1. The lowest BCUT2D eigenvalue weighted by Gasteiger charge is -2.11. The van der Waals surface area contributed by atoms with Gasteiger partial charge in [-0.25, -0.2) is 4.79 Å². The number of ether oxygens (including phenoxy) is 1. The van der Waals surface area contributed by atoms with E-state index in [4.69, 9.17) is 22.1 Å². The summed E-state index contributed by atoms with van der Waals surface area (Å²) in [5, 5.41) is 8.95. The molecule has 0 aliphatic carbocycles. The first kappa shape index (κ1) is 19.1. The van der Waals surface area contributed by atoms with Gasteiger partial charge in [0.25, 0.3) is 5.91 Å². The van der Waals surface area contributed by atoms with Crippen molar-refractivity contribution in [3.63, 3.8) is 0 Å². The van der Waals surface area contributed by atoms with Crippen LogP contribution in [0.2, 0.25) is 0 Å². The number of carbonyl (C=O) groups is 2. The number of aromatic carboxylic acids is 1. The molecule has 1 aliphatic rings. The van der Waals surface area contributed by atoms with Gasteiger partial charge in [0.05, 0.1) is 10.5 Å². The van der Waals surface area contributed by atoms with Crippen LogP contribution in [-0.2, 0) is 11.4 Å². The quantitative estimate of drug-likeness (QED) is 0.580. The molecule has 1 heterocycles. The maximum atomic E-state index is 12.4. The van der Waals surface area contributed by atoms with Gasteiger partial charge in [-0.3, -0.25) is 9.69 Å². The van der Waals surface area contributed by atoms with E-state index in [1.54, 1.807) is 35.2 Å². The number of nitrogens with zero attached hydrogens (tertiary/aromatic N) is 1. The molecule has 1 saturated heterocycles. The number of amides is 1. The Kier molecular flexibility index (Phi) is 5.93. The predicted octanol–water partition coefficient (Wildman–Crippen LogP) is 4.18. The molecule has 1 amide bonds. The van der Waals surface area contributed by atoms with E-state index < -0.39 is 5.97 Å². The summed E-state index contributed by atoms with van der Waals surface area (Å²) in [4.78, 5) is 25.4. The van der Waals surface area contributed by atoms with E-state index in [1.807, 2.05) is 31.2 Å². The van der Waals surface area contributed by atoms with Gasteiger partial charge in [-0.05, 0) is 36.8 Å². The number of carboxylic acids is 1. The monoisotopic (exact) mass is 399 g/mol. The Labute approximate surface area is 166 Å². The first-order chi connectivity index (χ1) is 13.0. The molecule has 0 atom stereocenters. The molecule has 3 rings (SSSR count). The molecule has 138 valence electrons. The van der Waals surface area contributed by atoms with Gasteiger partial charge in [0, 0.05) is 12.1 Å². The van der Waals surface area contributed by atoms with Crippen LogP contribution in [0.3, 0.4) is 0 Å². The highest BCUT2D eigenvalue weighted by molar-refractivity contribution is 8.26. The number of carbonyl (C=O) groups excluding carboxylic acids is 1. The van der Waals surface area contributed by atoms with Crippen molar-refractivity contribution in [2.45, 2.75) is 13.5 Å². The minimum absolute atomic E-state index is 0.0911. The lowest BCUT2D eigenvalue weighted by molar-refractivity contribution is -0.121. The second-order valence-electron chi connectivity index (χ2n) is 5.75. The molecule has 0 unspecified atom stereocenters. The van der Waals surface area contributed by atoms with Crippen molar-refractivity contribution in [1.29, 1.82) is 0 Å². The number of benzene rings is 2. The molecule has 27 heavy (non-hydrogen) atoms. The van der Waals surface area contributed by atoms with Crippen LogP contribution in [0.25, 0.3) is 6.08 Å². The van der Waals surface area contributed by atoms with Crippen molar-refractivity contribution < 1.29 is 19.4 Å². The second-order valence-corrected chi connectivity index (χ2v) is 7.43. The zero-order valence-corrected chi connectivity index (χ0v) is 16.2. The first-order valence-corrected chi connectivity index (χ1v) is 9.51. The Morgan fingerprint density at radius 1 is 1.22 bits per heavy atom. The van der Waals surface area contributed by atoms with E-state index in [1.165, 1.54) is 11.8 Å². The van der Waals surface area contributed by atoms with Gasteiger partial charge >= 0.3 is 5.97 Å². The summed E-state index contributed by atoms with van der Waals surface area (Å²) < 4.78 is 6.45. The summed E-state index contributed by atoms with van der Waals surface area (Å²) >= 11 is 6.53. The van der Waals surface area contributed by atoms with Gasteiger partial charge in [0.15, 0.2) is 0 Å². The third kappa shape index (κ3) is 4.37. The van der Waals surface area contributed by atoms with Crippen LogP contribution in [0.4, 0.5) is 0 Å². The number of thiocarbonyl (C=S) groups is 1. The van der Waals surface area contributed by atoms with E-state index in [0.29, 0.717) is 28.1 Å². The van der Waals surface area contributed by atoms with Crippen molar-refractivity contribution in [1.82, 2.24) is 4.90 Å². The number of para-hydroxylation sites is 1. The van der Waals surface area contributed by atoms with Crippen molar-refractivity contribution in [3.05, 3.63) is 70.1 Å². The summed E-state index contributed by atoms with van der Waals surface area (Å²) in [6.45, 7) is 2.73. The van der Waals surface area contributed by atoms with Gasteiger partial charge in [-0.15, -0.1) is 0 Å². The first-order valence-electron chi connectivity index (χ1n) is 8.29. The lowest BCUT2D eigenvalue weighted by Crippen LogP contribution is -2.27. The van der Waals surface area contributed by atoms with E-state index in [2.05, 4.69) is 0 Å². The normalized spacial score (nSPS) is 15.4. The van der Waals surface area contributed by atoms with Crippen LogP contribution >= 0.6 is 24.0 Å². The number of thioether (sulfide) groups is 1. The summed E-state index contributed by atoms with van der Waals surface area (Å²) in [6, 6.07) is 14.0. The minimum atomic E-state index is -0.961. The molecule has 1 N–H and O–H groups in total. The van der Waals surface area contributed by atoms with Crippen molar-refractivity contribution in [2.24, 2.45) is 0 Å². The minimum Gasteiger partial charge on any atom is -0.488 e. The summed E-state index contributed by atoms with van der Waals surface area (Å²) in [6.07, 6.45) is 1.79. The maximum absolute atomic E-state index is 12.4. The zero-order chi connectivity index (χ0) is 19.4. The molecule has 0 aromatic heterocycles. The Morgan fingerprint density at radius 3 is 2.56 bits per heavy atom. The highest BCUT2D eigenvalue weighted by Gasteiger charge is 2.30. The number of likely N-dealkylation sites (N-methyl/N-ethyl adjacent to an activating group) is 1. The third-order valence-corrected chi connectivity index (χ3v) is 5.37. The molecular weight excluding hydrogens is 382 g/mol. The third-order valence-electron chi connectivity index (χ3n) is 3.99. The molecule has 0 radical (unpaired) electrons. The highest BCUT2D eigenvalue weighted by atomic mass is 32.2. The van der Waals surface area contributed by atoms with E-state index in [0.717, 1.165) is 11.1 Å². The highest BCUT2D eigenvalue weighted by Crippen LogP contribution is 2.34. The second kappa shape index (κ2) is 8.37. The molecule has 7 heteroatoms. The van der Waals surface area contributed by atoms with Crippen LogP contribution in [0.15, 0.2) is 53.4 Å². The Morgan fingerprint density at radius 2 is 1.93 bits per heavy atom. The van der Waals surface area contributed by atoms with Gasteiger partial charge < -0.3 is 9.84 Å². The van der Waals surface area contributed by atoms with Gasteiger partial charge in [0.1, 0.15) is 16.7 Å². The molecule has 1 fully saturated rings. The van der Waals surface area contributed by atoms with Gasteiger partial charge in [0.2, 0.25) is 0 Å². The molecule has 5 nitrogen and oxygen atoms in total. The fourth-order valence-electron chi connectivity index (χ4n) is 2.55. The van der Waals surface area contributed by atoms with E-state index in [9.17, 15) is 9.59 Å². The van der Waals surface area contributed by atoms with Gasteiger partial charge in [-0.2, -0.15) is 0 Å². The standard InChI is InChI=1S/C20H17NO4S2/c1-2-21-18(22)17(27-20(21)26)11-15-5-3-4-6-16(15)25-12-13-7-9-14(10-8-13)19(23)24/h3-11H,2,12H2,1H3,(H,23,24)/b17-11-. The summed E-state index contributed by atoms with van der Waals surface area (Å²) in [7, 11) is 0. The molecule has 2 aromatic carbocycles. The fraction of sp³-hybridized carbons (Fsp3) is 0.150. The number of hydrogen-bond donors (Lipinski definition) is 1. The van der Waals surface area contributed by atoms with Gasteiger partial charge in [-0.1, -0.05) is 54.3 Å². The van der Waals surface area contributed by atoms with E-state index in [-0.39, 0.29) is 11.5 Å². The fourth-order valence-corrected chi connectivity index (χ4v) is 3.92. The molecule has 2 aromatic rings. The van der Waals surface area contributed by atoms with Crippen LogP contribution in [0.1, 0.15) is 28.4 Å². The van der Waals surface area contributed by atoms with Crippen LogP contribution in [0, 0.1) is 0 Å². The summed E-state index contributed by atoms with van der Waals surface area (Å²) in [5.41, 5.74) is 1.88. The van der Waals surface area contributed by atoms with Crippen LogP contribution in [0.5, 0.6) is 5.75 Å². The van der Waals surface area contributed by atoms with Crippen LogP contribution < -0.4 is 4.74 Å². The Balaban J connectivity index is 1.76. The Hall–Kier alpha value is -2.64. The molecule has 0 saturated carbocycles. The van der Waals surface area contributed by atoms with Crippen LogP contribution in [-0.4, -0.2) is 32.7 Å². The number of hydrogen-bond acceptors (Lipinski definition) is 5. The topological polar surface area (TPSA) is 66.8 Å². The molecule has 1 aliphatic heterocycles. The average molecular weight is 399 g/mol. The maximum Gasteiger partial charge on any atom is 0.335 e. The van der Waals surface area contributed by atoms with E-state index >= 15 is 0 Å². The average Bonchev–Trinajstić information content (AvgIpc) is 2.94. The summed E-state index contributed by atoms with van der Waals surface area (Å²) in [5.74, 6) is -0.412. The number of rotatable bonds is 6. The van der Waals surface area contributed by atoms with Crippen molar-refractivity contribution in [3.8, 4) is 5.75 Å². The molecule has 0 spiro atoms. The van der Waals surface area contributed by atoms with Crippen molar-refractivity contribution >= 4 is 46.3 Å². The SMILES string of the molecule is CCN1C(=O)/C(=C/c2ccccc2OCc2ccc(C(=O)O)cc2)SC1=S.